The van der Waals surface area contributed by atoms with Gasteiger partial charge in [-0.25, -0.2) is 0 Å². The van der Waals surface area contributed by atoms with Crippen LogP contribution in [0.1, 0.15) is 24.8 Å². The van der Waals surface area contributed by atoms with Crippen molar-refractivity contribution in [2.24, 2.45) is 5.41 Å². The molecular formula is C15H23ClN2O2. The van der Waals surface area contributed by atoms with Crippen molar-refractivity contribution in [3.63, 3.8) is 0 Å². The maximum atomic E-state index is 10.3. The number of piperidine rings is 1. The van der Waals surface area contributed by atoms with E-state index in [1.807, 2.05) is 18.2 Å². The number of benzene rings is 1. The van der Waals surface area contributed by atoms with Crippen LogP contribution >= 0.6 is 12.4 Å². The maximum absolute atomic E-state index is 10.3. The van der Waals surface area contributed by atoms with E-state index in [1.165, 1.54) is 5.56 Å². The standard InChI is InChI=1S/C15H22N2O2.ClH/c16-14-4-2-1-3-13(14)11-15(7-10-19-12-18)5-8-17-9-6-15;/h1-4,12,17H,5-11,16H2;1H. The van der Waals surface area contributed by atoms with Gasteiger partial charge in [-0.1, -0.05) is 18.2 Å². The molecule has 1 aliphatic rings. The molecule has 1 aromatic carbocycles. The zero-order valence-electron chi connectivity index (χ0n) is 11.6. The molecule has 0 aliphatic carbocycles. The van der Waals surface area contributed by atoms with Gasteiger partial charge in [0.25, 0.3) is 6.47 Å². The molecule has 0 aromatic heterocycles. The predicted molar refractivity (Wildman–Crippen MR) is 83.0 cm³/mol. The number of nitrogen functional groups attached to an aromatic ring is 1. The first-order chi connectivity index (χ1) is 9.26. The first kappa shape index (κ1) is 16.8. The van der Waals surface area contributed by atoms with Crippen LogP contribution in [0, 0.1) is 5.41 Å². The summed E-state index contributed by atoms with van der Waals surface area (Å²) >= 11 is 0. The van der Waals surface area contributed by atoms with Crippen molar-refractivity contribution in [1.29, 1.82) is 0 Å². The summed E-state index contributed by atoms with van der Waals surface area (Å²) in [6.07, 6.45) is 4.07. The molecular weight excluding hydrogens is 276 g/mol. The molecule has 112 valence electrons. The third-order valence-electron chi connectivity index (χ3n) is 4.10. The third-order valence-corrected chi connectivity index (χ3v) is 4.10. The van der Waals surface area contributed by atoms with E-state index in [2.05, 4.69) is 11.4 Å². The fourth-order valence-electron chi connectivity index (χ4n) is 2.90. The van der Waals surface area contributed by atoms with Gasteiger partial charge in [-0.05, 0) is 55.8 Å². The van der Waals surface area contributed by atoms with E-state index in [9.17, 15) is 4.79 Å². The summed E-state index contributed by atoms with van der Waals surface area (Å²) in [5.41, 5.74) is 8.31. The lowest BCUT2D eigenvalue weighted by Gasteiger charge is -2.38. The van der Waals surface area contributed by atoms with Crippen molar-refractivity contribution in [1.82, 2.24) is 5.32 Å². The highest BCUT2D eigenvalue weighted by Gasteiger charge is 2.32. The van der Waals surface area contributed by atoms with Gasteiger partial charge in [0, 0.05) is 5.69 Å². The molecule has 1 saturated heterocycles. The summed E-state index contributed by atoms with van der Waals surface area (Å²) in [7, 11) is 0. The Hall–Kier alpha value is -1.26. The Labute approximate surface area is 126 Å². The van der Waals surface area contributed by atoms with Gasteiger partial charge in [0.1, 0.15) is 0 Å². The number of para-hydroxylation sites is 1. The number of hydrogen-bond donors (Lipinski definition) is 2. The monoisotopic (exact) mass is 298 g/mol. The lowest BCUT2D eigenvalue weighted by molar-refractivity contribution is -0.129. The molecule has 0 atom stereocenters. The molecule has 4 nitrogen and oxygen atoms in total. The van der Waals surface area contributed by atoms with Gasteiger partial charge in [0.2, 0.25) is 0 Å². The summed E-state index contributed by atoms with van der Waals surface area (Å²) in [4.78, 5) is 10.3. The Morgan fingerprint density at radius 3 is 2.65 bits per heavy atom. The van der Waals surface area contributed by atoms with Crippen LogP contribution in [0.4, 0.5) is 5.69 Å². The highest BCUT2D eigenvalue weighted by atomic mass is 35.5. The van der Waals surface area contributed by atoms with E-state index < -0.39 is 0 Å². The van der Waals surface area contributed by atoms with Gasteiger partial charge in [-0.2, -0.15) is 0 Å². The van der Waals surface area contributed by atoms with Crippen LogP contribution in [-0.4, -0.2) is 26.2 Å². The SMILES string of the molecule is Cl.Nc1ccccc1CC1(CCOC=O)CCNCC1. The topological polar surface area (TPSA) is 64.3 Å². The lowest BCUT2D eigenvalue weighted by Crippen LogP contribution is -2.39. The van der Waals surface area contributed by atoms with Gasteiger partial charge in [-0.3, -0.25) is 4.79 Å². The molecule has 20 heavy (non-hydrogen) atoms. The minimum atomic E-state index is 0. The van der Waals surface area contributed by atoms with Crippen molar-refractivity contribution in [3.8, 4) is 0 Å². The second-order valence-electron chi connectivity index (χ2n) is 5.34. The van der Waals surface area contributed by atoms with Crippen LogP contribution in [0.15, 0.2) is 24.3 Å². The molecule has 0 radical (unpaired) electrons. The fourth-order valence-corrected chi connectivity index (χ4v) is 2.90. The summed E-state index contributed by atoms with van der Waals surface area (Å²) in [6, 6.07) is 8.04. The first-order valence-electron chi connectivity index (χ1n) is 6.85. The molecule has 5 heteroatoms. The zero-order chi connectivity index (χ0) is 13.6. The van der Waals surface area contributed by atoms with Crippen LogP contribution in [-0.2, 0) is 16.0 Å². The minimum Gasteiger partial charge on any atom is -0.468 e. The molecule has 0 amide bonds. The number of anilines is 1. The van der Waals surface area contributed by atoms with Gasteiger partial charge in [-0.15, -0.1) is 12.4 Å². The van der Waals surface area contributed by atoms with E-state index in [0.29, 0.717) is 13.1 Å². The summed E-state index contributed by atoms with van der Waals surface area (Å²) < 4.78 is 4.90. The summed E-state index contributed by atoms with van der Waals surface area (Å²) in [5.74, 6) is 0. The normalized spacial score (nSPS) is 17.0. The van der Waals surface area contributed by atoms with Crippen molar-refractivity contribution in [2.75, 3.05) is 25.4 Å². The Morgan fingerprint density at radius 1 is 1.30 bits per heavy atom. The lowest BCUT2D eigenvalue weighted by atomic mass is 9.72. The average molecular weight is 299 g/mol. The fraction of sp³-hybridized carbons (Fsp3) is 0.533. The maximum Gasteiger partial charge on any atom is 0.293 e. The summed E-state index contributed by atoms with van der Waals surface area (Å²) in [6.45, 7) is 3.07. The van der Waals surface area contributed by atoms with Crippen molar-refractivity contribution >= 4 is 24.6 Å². The second-order valence-corrected chi connectivity index (χ2v) is 5.34. The molecule has 3 N–H and O–H groups in total. The van der Waals surface area contributed by atoms with Crippen LogP contribution in [0.5, 0.6) is 0 Å². The molecule has 0 saturated carbocycles. The Balaban J connectivity index is 0.00000200. The Kier molecular flexibility index (Phi) is 6.82. The molecule has 0 spiro atoms. The number of hydrogen-bond acceptors (Lipinski definition) is 4. The van der Waals surface area contributed by atoms with Crippen LogP contribution in [0.3, 0.4) is 0 Å². The quantitative estimate of drug-likeness (QED) is 0.480. The molecule has 1 heterocycles. The largest absolute Gasteiger partial charge is 0.468 e. The second kappa shape index (κ2) is 8.12. The number of nitrogens with two attached hydrogens (primary N) is 1. The van der Waals surface area contributed by atoms with Crippen molar-refractivity contribution in [2.45, 2.75) is 25.7 Å². The van der Waals surface area contributed by atoms with Crippen molar-refractivity contribution < 1.29 is 9.53 Å². The number of ether oxygens (including phenoxy) is 1. The minimum absolute atomic E-state index is 0. The van der Waals surface area contributed by atoms with Gasteiger partial charge in [0.05, 0.1) is 6.61 Å². The number of halogens is 1. The average Bonchev–Trinajstić information content (AvgIpc) is 2.43. The molecule has 1 fully saturated rings. The Morgan fingerprint density at radius 2 is 2.00 bits per heavy atom. The van der Waals surface area contributed by atoms with E-state index in [1.54, 1.807) is 0 Å². The van der Waals surface area contributed by atoms with Crippen LogP contribution in [0.2, 0.25) is 0 Å². The smallest absolute Gasteiger partial charge is 0.293 e. The van der Waals surface area contributed by atoms with Crippen molar-refractivity contribution in [3.05, 3.63) is 29.8 Å². The molecule has 1 aliphatic heterocycles. The van der Waals surface area contributed by atoms with E-state index in [4.69, 9.17) is 10.5 Å². The number of carbonyl (C=O) groups is 1. The predicted octanol–water partition coefficient (Wildman–Crippen LogP) is 2.17. The highest BCUT2D eigenvalue weighted by molar-refractivity contribution is 5.85. The molecule has 1 aromatic rings. The summed E-state index contributed by atoms with van der Waals surface area (Å²) in [5, 5.41) is 3.39. The third kappa shape index (κ3) is 4.39. The van der Waals surface area contributed by atoms with E-state index in [0.717, 1.165) is 44.5 Å². The number of carbonyl (C=O) groups excluding carboxylic acids is 1. The highest BCUT2D eigenvalue weighted by Crippen LogP contribution is 2.37. The molecule has 2 rings (SSSR count). The molecule has 0 bridgehead atoms. The van der Waals surface area contributed by atoms with E-state index >= 15 is 0 Å². The van der Waals surface area contributed by atoms with Gasteiger partial charge < -0.3 is 15.8 Å². The van der Waals surface area contributed by atoms with Crippen LogP contribution in [0.25, 0.3) is 0 Å². The van der Waals surface area contributed by atoms with E-state index in [-0.39, 0.29) is 17.8 Å². The number of nitrogens with one attached hydrogen (secondary N) is 1. The van der Waals surface area contributed by atoms with Gasteiger partial charge >= 0.3 is 0 Å². The number of rotatable bonds is 6. The zero-order valence-corrected chi connectivity index (χ0v) is 12.5. The van der Waals surface area contributed by atoms with Gasteiger partial charge in [0.15, 0.2) is 0 Å². The van der Waals surface area contributed by atoms with Crippen LogP contribution < -0.4 is 11.1 Å². The molecule has 0 unspecified atom stereocenters. The Bertz CT molecular complexity index is 420. The first-order valence-corrected chi connectivity index (χ1v) is 6.85.